The van der Waals surface area contributed by atoms with Gasteiger partial charge in [0.2, 0.25) is 5.13 Å². The number of thiazole rings is 1. The standard InChI is InChI=1S/C25H18Cl2N4O5S/c1-2-35-23-10-15(6-9-22(23)36-24(32)16-4-3-5-18(11-16)31(33)34)13-28-30-25-29-21(14-37-25)19-8-7-17(26)12-20(19)27/h3-14H,2H2,1H3,(H,29,30)/b28-13-. The van der Waals surface area contributed by atoms with Crippen LogP contribution in [-0.2, 0) is 0 Å². The molecule has 0 aliphatic rings. The zero-order chi connectivity index (χ0) is 26.4. The van der Waals surface area contributed by atoms with Gasteiger partial charge in [0.25, 0.3) is 5.69 Å². The zero-order valence-corrected chi connectivity index (χ0v) is 21.5. The highest BCUT2D eigenvalue weighted by molar-refractivity contribution is 7.14. The normalized spacial score (nSPS) is 10.9. The van der Waals surface area contributed by atoms with Crippen molar-refractivity contribution in [3.05, 3.63) is 97.3 Å². The van der Waals surface area contributed by atoms with E-state index < -0.39 is 10.9 Å². The fraction of sp³-hybridized carbons (Fsp3) is 0.0800. The molecule has 188 valence electrons. The molecule has 0 aliphatic carbocycles. The van der Waals surface area contributed by atoms with Crippen LogP contribution in [0.3, 0.4) is 0 Å². The molecule has 0 saturated carbocycles. The van der Waals surface area contributed by atoms with E-state index in [9.17, 15) is 14.9 Å². The van der Waals surface area contributed by atoms with E-state index in [-0.39, 0.29) is 17.0 Å². The van der Waals surface area contributed by atoms with Crippen LogP contribution in [0.1, 0.15) is 22.8 Å². The number of hydrogen-bond acceptors (Lipinski definition) is 9. The van der Waals surface area contributed by atoms with Gasteiger partial charge in [-0.25, -0.2) is 9.78 Å². The van der Waals surface area contributed by atoms with Crippen molar-refractivity contribution in [3.63, 3.8) is 0 Å². The van der Waals surface area contributed by atoms with Crippen molar-refractivity contribution >= 4 is 57.5 Å². The first-order chi connectivity index (χ1) is 17.8. The van der Waals surface area contributed by atoms with Crippen LogP contribution in [0.25, 0.3) is 11.3 Å². The van der Waals surface area contributed by atoms with Gasteiger partial charge in [-0.1, -0.05) is 29.3 Å². The molecule has 9 nitrogen and oxygen atoms in total. The predicted octanol–water partition coefficient (Wildman–Crippen LogP) is 7.09. The van der Waals surface area contributed by atoms with E-state index in [1.165, 1.54) is 29.5 Å². The number of nitro groups is 1. The van der Waals surface area contributed by atoms with Gasteiger partial charge < -0.3 is 9.47 Å². The SMILES string of the molecule is CCOc1cc(/C=N\Nc2nc(-c3ccc(Cl)cc3Cl)cs2)ccc1OC(=O)c1cccc([N+](=O)[O-])c1. The minimum absolute atomic E-state index is 0.0502. The Kier molecular flexibility index (Phi) is 8.34. The van der Waals surface area contributed by atoms with Crippen LogP contribution in [0.5, 0.6) is 11.5 Å². The Morgan fingerprint density at radius 3 is 2.76 bits per heavy atom. The second-order valence-corrected chi connectivity index (χ2v) is 9.07. The van der Waals surface area contributed by atoms with Gasteiger partial charge in [-0.2, -0.15) is 5.10 Å². The third-order valence-electron chi connectivity index (χ3n) is 4.85. The number of ether oxygens (including phenoxy) is 2. The lowest BCUT2D eigenvalue weighted by Crippen LogP contribution is -2.10. The molecule has 0 fully saturated rings. The first kappa shape index (κ1) is 26.1. The number of carbonyl (C=O) groups excluding carboxylic acids is 1. The van der Waals surface area contributed by atoms with E-state index in [1.54, 1.807) is 49.5 Å². The maximum Gasteiger partial charge on any atom is 0.343 e. The molecule has 0 atom stereocenters. The van der Waals surface area contributed by atoms with Gasteiger partial charge in [0, 0.05) is 28.1 Å². The number of aromatic nitrogens is 1. The van der Waals surface area contributed by atoms with Crippen molar-refractivity contribution in [2.45, 2.75) is 6.92 Å². The average molecular weight is 557 g/mol. The van der Waals surface area contributed by atoms with E-state index in [0.29, 0.717) is 38.8 Å². The molecule has 0 aliphatic heterocycles. The summed E-state index contributed by atoms with van der Waals surface area (Å²) >= 11 is 13.6. The van der Waals surface area contributed by atoms with Crippen LogP contribution >= 0.6 is 34.5 Å². The Morgan fingerprint density at radius 1 is 1.16 bits per heavy atom. The highest BCUT2D eigenvalue weighted by Gasteiger charge is 2.16. The van der Waals surface area contributed by atoms with Gasteiger partial charge in [0.05, 0.1) is 34.0 Å². The summed E-state index contributed by atoms with van der Waals surface area (Å²) < 4.78 is 11.0. The molecule has 4 rings (SSSR count). The molecule has 0 amide bonds. The summed E-state index contributed by atoms with van der Waals surface area (Å²) in [6.45, 7) is 2.12. The molecular weight excluding hydrogens is 539 g/mol. The van der Waals surface area contributed by atoms with Crippen LogP contribution in [0.15, 0.2) is 71.1 Å². The summed E-state index contributed by atoms with van der Waals surface area (Å²) in [5, 5.41) is 18.7. The number of nitrogens with one attached hydrogen (secondary N) is 1. The van der Waals surface area contributed by atoms with Crippen LogP contribution in [0.2, 0.25) is 10.0 Å². The molecule has 1 heterocycles. The van der Waals surface area contributed by atoms with Crippen molar-refractivity contribution in [2.24, 2.45) is 5.10 Å². The Hall–Kier alpha value is -3.99. The third-order valence-corrected chi connectivity index (χ3v) is 6.14. The fourth-order valence-electron chi connectivity index (χ4n) is 3.17. The quantitative estimate of drug-likeness (QED) is 0.0768. The monoisotopic (exact) mass is 556 g/mol. The van der Waals surface area contributed by atoms with Gasteiger partial charge in [-0.15, -0.1) is 11.3 Å². The molecule has 37 heavy (non-hydrogen) atoms. The summed E-state index contributed by atoms with van der Waals surface area (Å²) in [6.07, 6.45) is 1.56. The smallest absolute Gasteiger partial charge is 0.343 e. The molecule has 0 radical (unpaired) electrons. The molecular formula is C25H18Cl2N4O5S. The number of non-ortho nitro benzene ring substituents is 1. The Balaban J connectivity index is 1.45. The number of esters is 1. The highest BCUT2D eigenvalue weighted by Crippen LogP contribution is 2.32. The zero-order valence-electron chi connectivity index (χ0n) is 19.2. The fourth-order valence-corrected chi connectivity index (χ4v) is 4.34. The van der Waals surface area contributed by atoms with E-state index in [4.69, 9.17) is 32.7 Å². The third kappa shape index (κ3) is 6.62. The lowest BCUT2D eigenvalue weighted by atomic mass is 10.2. The number of hydrogen-bond donors (Lipinski definition) is 1. The van der Waals surface area contributed by atoms with Crippen LogP contribution in [0.4, 0.5) is 10.8 Å². The number of rotatable bonds is 9. The molecule has 1 N–H and O–H groups in total. The Labute approximate surface area is 225 Å². The highest BCUT2D eigenvalue weighted by atomic mass is 35.5. The number of halogens is 2. The minimum Gasteiger partial charge on any atom is -0.490 e. The first-order valence-corrected chi connectivity index (χ1v) is 12.4. The summed E-state index contributed by atoms with van der Waals surface area (Å²) in [4.78, 5) is 27.4. The number of nitrogens with zero attached hydrogens (tertiary/aromatic N) is 3. The summed E-state index contributed by atoms with van der Waals surface area (Å²) in [5.74, 6) is -0.250. The molecule has 1 aromatic heterocycles. The Bertz CT molecular complexity index is 1490. The lowest BCUT2D eigenvalue weighted by molar-refractivity contribution is -0.384. The van der Waals surface area contributed by atoms with Gasteiger partial charge >= 0.3 is 5.97 Å². The topological polar surface area (TPSA) is 116 Å². The molecule has 12 heteroatoms. The molecule has 0 unspecified atom stereocenters. The number of benzene rings is 3. The molecule has 3 aromatic carbocycles. The number of carbonyl (C=O) groups is 1. The first-order valence-electron chi connectivity index (χ1n) is 10.8. The number of nitro benzene ring substituents is 1. The van der Waals surface area contributed by atoms with Gasteiger partial charge in [0.15, 0.2) is 11.5 Å². The van der Waals surface area contributed by atoms with Crippen molar-refractivity contribution in [2.75, 3.05) is 12.0 Å². The summed E-state index contributed by atoms with van der Waals surface area (Å²) in [7, 11) is 0. The molecule has 0 saturated heterocycles. The van der Waals surface area contributed by atoms with E-state index in [1.807, 2.05) is 5.38 Å². The maximum absolute atomic E-state index is 12.5. The number of hydrazone groups is 1. The lowest BCUT2D eigenvalue weighted by Gasteiger charge is -2.11. The summed E-state index contributed by atoms with van der Waals surface area (Å²) in [6, 6.07) is 15.4. The van der Waals surface area contributed by atoms with E-state index in [0.717, 1.165) is 11.6 Å². The van der Waals surface area contributed by atoms with Crippen LogP contribution in [-0.4, -0.2) is 28.7 Å². The van der Waals surface area contributed by atoms with Crippen molar-refractivity contribution in [1.29, 1.82) is 0 Å². The van der Waals surface area contributed by atoms with Crippen LogP contribution < -0.4 is 14.9 Å². The van der Waals surface area contributed by atoms with Crippen molar-refractivity contribution < 1.29 is 19.2 Å². The predicted molar refractivity (Wildman–Crippen MR) is 144 cm³/mol. The maximum atomic E-state index is 12.5. The second kappa shape index (κ2) is 11.8. The Morgan fingerprint density at radius 2 is 2.00 bits per heavy atom. The van der Waals surface area contributed by atoms with E-state index in [2.05, 4.69) is 15.5 Å². The van der Waals surface area contributed by atoms with Gasteiger partial charge in [-0.3, -0.25) is 15.5 Å². The number of anilines is 1. The minimum atomic E-state index is -0.742. The second-order valence-electron chi connectivity index (χ2n) is 7.37. The average Bonchev–Trinajstić information content (AvgIpc) is 3.34. The molecule has 4 aromatic rings. The summed E-state index contributed by atoms with van der Waals surface area (Å²) in [5.41, 5.74) is 4.84. The van der Waals surface area contributed by atoms with Crippen LogP contribution in [0, 0.1) is 10.1 Å². The van der Waals surface area contributed by atoms with Crippen molar-refractivity contribution in [3.8, 4) is 22.8 Å². The van der Waals surface area contributed by atoms with Gasteiger partial charge in [-0.05, 0) is 55.0 Å². The molecule has 0 bridgehead atoms. The van der Waals surface area contributed by atoms with E-state index >= 15 is 0 Å². The van der Waals surface area contributed by atoms with Gasteiger partial charge in [0.1, 0.15) is 0 Å². The largest absolute Gasteiger partial charge is 0.490 e. The van der Waals surface area contributed by atoms with Crippen molar-refractivity contribution in [1.82, 2.24) is 4.98 Å². The molecule has 0 spiro atoms.